The molecule has 5 nitrogen and oxygen atoms in total. The minimum atomic E-state index is 0. The van der Waals surface area contributed by atoms with Gasteiger partial charge in [0.1, 0.15) is 5.82 Å². The normalized spacial score (nSPS) is 13.8. The first-order chi connectivity index (χ1) is 10.8. The van der Waals surface area contributed by atoms with E-state index in [-0.39, 0.29) is 5.48 Å². The van der Waals surface area contributed by atoms with Gasteiger partial charge in [0.15, 0.2) is 0 Å². The topological polar surface area (TPSA) is 65.5 Å². The quantitative estimate of drug-likeness (QED) is 0.730. The summed E-state index contributed by atoms with van der Waals surface area (Å²) in [6.07, 6.45) is 3.94. The molecular weight excluding hydrogens is 288 g/mol. The van der Waals surface area contributed by atoms with Crippen molar-refractivity contribution in [2.45, 2.75) is 20.8 Å². The van der Waals surface area contributed by atoms with E-state index in [1.54, 1.807) is 0 Å². The fourth-order valence-electron chi connectivity index (χ4n) is 2.68. The molecule has 122 valence electrons. The third-order valence-corrected chi connectivity index (χ3v) is 3.78. The lowest BCUT2D eigenvalue weighted by Gasteiger charge is -2.38. The first kappa shape index (κ1) is 17.0. The van der Waals surface area contributed by atoms with Crippen molar-refractivity contribution >= 4 is 16.7 Å². The van der Waals surface area contributed by atoms with Gasteiger partial charge in [0.05, 0.1) is 11.2 Å². The van der Waals surface area contributed by atoms with Crippen LogP contribution in [0, 0.1) is 5.92 Å². The Morgan fingerprint density at radius 3 is 2.43 bits per heavy atom. The van der Waals surface area contributed by atoms with Crippen LogP contribution >= 0.6 is 0 Å². The summed E-state index contributed by atoms with van der Waals surface area (Å²) < 4.78 is 1.91. The zero-order chi connectivity index (χ0) is 15.5. The maximum absolute atomic E-state index is 4.65. The molecule has 1 saturated heterocycles. The summed E-state index contributed by atoms with van der Waals surface area (Å²) in [6, 6.07) is 12.2. The van der Waals surface area contributed by atoms with Gasteiger partial charge in [-0.25, -0.2) is 9.67 Å². The van der Waals surface area contributed by atoms with Crippen LogP contribution in [0.1, 0.15) is 20.8 Å². The lowest BCUT2D eigenvalue weighted by atomic mass is 10.0. The van der Waals surface area contributed by atoms with E-state index in [4.69, 9.17) is 0 Å². The molecule has 2 aromatic heterocycles. The van der Waals surface area contributed by atoms with Gasteiger partial charge < -0.3 is 10.4 Å². The molecule has 2 N–H and O–H groups in total. The Bertz CT molecular complexity index is 748. The molecule has 1 fully saturated rings. The Hall–Kier alpha value is -2.40. The third-order valence-electron chi connectivity index (χ3n) is 3.78. The number of nitrogens with zero attached hydrogens (tertiary/aromatic N) is 4. The number of hydrogen-bond acceptors (Lipinski definition) is 3. The molecule has 3 aromatic rings. The van der Waals surface area contributed by atoms with Crippen molar-refractivity contribution in [2.24, 2.45) is 5.92 Å². The Labute approximate surface area is 136 Å². The third kappa shape index (κ3) is 3.35. The summed E-state index contributed by atoms with van der Waals surface area (Å²) >= 11 is 0. The average Bonchev–Trinajstić information content (AvgIpc) is 2.98. The number of aromatic nitrogens is 3. The van der Waals surface area contributed by atoms with Crippen LogP contribution < -0.4 is 4.90 Å². The summed E-state index contributed by atoms with van der Waals surface area (Å²) in [5, 5.41) is 5.73. The predicted molar refractivity (Wildman–Crippen MR) is 95.2 cm³/mol. The van der Waals surface area contributed by atoms with E-state index in [2.05, 4.69) is 40.1 Å². The van der Waals surface area contributed by atoms with E-state index < -0.39 is 0 Å². The Balaban J connectivity index is 0.000000617. The van der Waals surface area contributed by atoms with Gasteiger partial charge in [-0.3, -0.25) is 0 Å². The molecule has 0 saturated carbocycles. The van der Waals surface area contributed by atoms with E-state index >= 15 is 0 Å². The lowest BCUT2D eigenvalue weighted by molar-refractivity contribution is 0.443. The Morgan fingerprint density at radius 2 is 1.78 bits per heavy atom. The maximum atomic E-state index is 4.65. The maximum Gasteiger partial charge on any atom is 0.130 e. The van der Waals surface area contributed by atoms with Gasteiger partial charge in [-0.2, -0.15) is 5.10 Å². The number of pyridine rings is 1. The van der Waals surface area contributed by atoms with Gasteiger partial charge in [-0.15, -0.1) is 0 Å². The SMILES string of the molecule is CC.CC1CN(c2cc3nn(-c4ccccc4)cc3cn2)C1.O. The van der Waals surface area contributed by atoms with E-state index in [1.807, 2.05) is 49.1 Å². The van der Waals surface area contributed by atoms with Crippen LogP contribution in [-0.4, -0.2) is 33.3 Å². The first-order valence-corrected chi connectivity index (χ1v) is 7.95. The highest BCUT2D eigenvalue weighted by molar-refractivity contribution is 5.80. The standard InChI is InChI=1S/C16H16N4.C2H6.H2O/c1-12-9-19(10-12)16-7-15-13(8-17-16)11-20(18-15)14-5-3-2-4-6-14;1-2;/h2-8,11-12H,9-10H2,1H3;1-2H3;1H2. The van der Waals surface area contributed by atoms with Gasteiger partial charge in [0, 0.05) is 36.9 Å². The van der Waals surface area contributed by atoms with E-state index in [1.165, 1.54) is 0 Å². The second-order valence-electron chi connectivity index (χ2n) is 5.52. The van der Waals surface area contributed by atoms with E-state index in [9.17, 15) is 0 Å². The molecule has 3 heterocycles. The fraction of sp³-hybridized carbons (Fsp3) is 0.333. The molecule has 0 amide bonds. The molecule has 0 bridgehead atoms. The van der Waals surface area contributed by atoms with Gasteiger partial charge in [0.25, 0.3) is 0 Å². The summed E-state index contributed by atoms with van der Waals surface area (Å²) in [5.74, 6) is 1.81. The van der Waals surface area contributed by atoms with Crippen molar-refractivity contribution in [3.8, 4) is 5.69 Å². The van der Waals surface area contributed by atoms with Crippen molar-refractivity contribution in [1.29, 1.82) is 0 Å². The second-order valence-corrected chi connectivity index (χ2v) is 5.52. The highest BCUT2D eigenvalue weighted by Crippen LogP contribution is 2.25. The largest absolute Gasteiger partial charge is 0.412 e. The first-order valence-electron chi connectivity index (χ1n) is 7.95. The fourth-order valence-corrected chi connectivity index (χ4v) is 2.68. The van der Waals surface area contributed by atoms with Crippen LogP contribution in [0.25, 0.3) is 16.6 Å². The molecule has 1 aliphatic rings. The Morgan fingerprint density at radius 1 is 1.09 bits per heavy atom. The summed E-state index contributed by atoms with van der Waals surface area (Å²) in [6.45, 7) is 8.45. The second kappa shape index (κ2) is 7.24. The molecule has 5 heteroatoms. The average molecular weight is 312 g/mol. The van der Waals surface area contributed by atoms with E-state index in [0.717, 1.165) is 41.4 Å². The van der Waals surface area contributed by atoms with Gasteiger partial charge in [-0.05, 0) is 18.1 Å². The van der Waals surface area contributed by atoms with Gasteiger partial charge in [0.2, 0.25) is 0 Å². The number of fused-ring (bicyclic) bond motifs is 1. The highest BCUT2D eigenvalue weighted by atomic mass is 16.0. The van der Waals surface area contributed by atoms with Crippen molar-refractivity contribution in [1.82, 2.24) is 14.8 Å². The van der Waals surface area contributed by atoms with Crippen molar-refractivity contribution in [2.75, 3.05) is 18.0 Å². The Kier molecular flexibility index (Phi) is 5.34. The molecule has 23 heavy (non-hydrogen) atoms. The molecular formula is C18H24N4O. The summed E-state index contributed by atoms with van der Waals surface area (Å²) in [7, 11) is 0. The van der Waals surface area contributed by atoms with Crippen LogP contribution in [0.5, 0.6) is 0 Å². The zero-order valence-electron chi connectivity index (χ0n) is 13.9. The van der Waals surface area contributed by atoms with Gasteiger partial charge >= 0.3 is 0 Å². The molecule has 0 unspecified atom stereocenters. The molecule has 0 radical (unpaired) electrons. The number of anilines is 1. The number of rotatable bonds is 2. The zero-order valence-corrected chi connectivity index (χ0v) is 13.9. The highest BCUT2D eigenvalue weighted by Gasteiger charge is 2.23. The van der Waals surface area contributed by atoms with Crippen molar-refractivity contribution in [3.63, 3.8) is 0 Å². The number of hydrogen-bond donors (Lipinski definition) is 0. The molecule has 0 atom stereocenters. The van der Waals surface area contributed by atoms with E-state index in [0.29, 0.717) is 0 Å². The van der Waals surface area contributed by atoms with Crippen molar-refractivity contribution in [3.05, 3.63) is 48.8 Å². The molecule has 0 spiro atoms. The number of benzene rings is 1. The predicted octanol–water partition coefficient (Wildman–Crippen LogP) is 3.08. The van der Waals surface area contributed by atoms with Crippen molar-refractivity contribution < 1.29 is 5.48 Å². The van der Waals surface area contributed by atoms with Crippen LogP contribution in [0.2, 0.25) is 0 Å². The lowest BCUT2D eigenvalue weighted by Crippen LogP contribution is -2.45. The monoisotopic (exact) mass is 312 g/mol. The molecule has 4 rings (SSSR count). The number of para-hydroxylation sites is 1. The van der Waals surface area contributed by atoms with Crippen LogP contribution in [0.4, 0.5) is 5.82 Å². The van der Waals surface area contributed by atoms with Crippen LogP contribution in [0.3, 0.4) is 0 Å². The minimum Gasteiger partial charge on any atom is -0.412 e. The van der Waals surface area contributed by atoms with Crippen LogP contribution in [0.15, 0.2) is 48.8 Å². The molecule has 1 aromatic carbocycles. The minimum absolute atomic E-state index is 0. The van der Waals surface area contributed by atoms with Gasteiger partial charge in [-0.1, -0.05) is 39.0 Å². The summed E-state index contributed by atoms with van der Waals surface area (Å²) in [5.41, 5.74) is 2.07. The summed E-state index contributed by atoms with van der Waals surface area (Å²) in [4.78, 5) is 6.84. The molecule has 1 aliphatic heterocycles. The molecule has 0 aliphatic carbocycles. The smallest absolute Gasteiger partial charge is 0.130 e. The van der Waals surface area contributed by atoms with Crippen LogP contribution in [-0.2, 0) is 0 Å².